The van der Waals surface area contributed by atoms with E-state index in [-0.39, 0.29) is 12.0 Å². The SMILES string of the molecule is COC(=O)N1CCN(C(=O)CCC2CCNC2)CC1. The van der Waals surface area contributed by atoms with Crippen molar-refractivity contribution in [3.05, 3.63) is 0 Å². The normalized spacial score (nSPS) is 23.5. The Kier molecular flexibility index (Phi) is 5.01. The molecule has 0 radical (unpaired) electrons. The number of carbonyl (C=O) groups is 2. The van der Waals surface area contributed by atoms with Crippen molar-refractivity contribution in [2.45, 2.75) is 19.3 Å². The number of nitrogens with one attached hydrogen (secondary N) is 1. The highest BCUT2D eigenvalue weighted by Crippen LogP contribution is 2.15. The van der Waals surface area contributed by atoms with Gasteiger partial charge in [0.25, 0.3) is 0 Å². The molecular formula is C13H23N3O3. The quantitative estimate of drug-likeness (QED) is 0.800. The van der Waals surface area contributed by atoms with Crippen molar-refractivity contribution in [1.29, 1.82) is 0 Å². The highest BCUT2D eigenvalue weighted by atomic mass is 16.5. The molecule has 108 valence electrons. The summed E-state index contributed by atoms with van der Waals surface area (Å²) in [4.78, 5) is 26.9. The topological polar surface area (TPSA) is 61.9 Å². The van der Waals surface area contributed by atoms with E-state index < -0.39 is 0 Å². The van der Waals surface area contributed by atoms with Gasteiger partial charge in [0.15, 0.2) is 0 Å². The Morgan fingerprint density at radius 2 is 1.89 bits per heavy atom. The number of hydrogen-bond donors (Lipinski definition) is 1. The summed E-state index contributed by atoms with van der Waals surface area (Å²) in [6, 6.07) is 0. The Hall–Kier alpha value is -1.30. The van der Waals surface area contributed by atoms with E-state index in [9.17, 15) is 9.59 Å². The smallest absolute Gasteiger partial charge is 0.409 e. The molecule has 0 aromatic heterocycles. The van der Waals surface area contributed by atoms with Crippen molar-refractivity contribution in [2.24, 2.45) is 5.92 Å². The third-order valence-electron chi connectivity index (χ3n) is 3.99. The maximum atomic E-state index is 12.1. The van der Waals surface area contributed by atoms with Crippen LogP contribution in [0.15, 0.2) is 0 Å². The Morgan fingerprint density at radius 1 is 1.21 bits per heavy atom. The van der Waals surface area contributed by atoms with Gasteiger partial charge in [-0.15, -0.1) is 0 Å². The van der Waals surface area contributed by atoms with E-state index in [1.165, 1.54) is 13.5 Å². The second-order valence-corrected chi connectivity index (χ2v) is 5.24. The first-order valence-electron chi connectivity index (χ1n) is 7.02. The lowest BCUT2D eigenvalue weighted by atomic mass is 10.0. The van der Waals surface area contributed by atoms with E-state index in [0.29, 0.717) is 38.5 Å². The van der Waals surface area contributed by atoms with Gasteiger partial charge in [0.05, 0.1) is 7.11 Å². The first kappa shape index (κ1) is 14.1. The van der Waals surface area contributed by atoms with Gasteiger partial charge in [-0.05, 0) is 31.8 Å². The molecule has 0 aliphatic carbocycles. The van der Waals surface area contributed by atoms with Gasteiger partial charge in [-0.3, -0.25) is 4.79 Å². The summed E-state index contributed by atoms with van der Waals surface area (Å²) in [7, 11) is 1.38. The van der Waals surface area contributed by atoms with Crippen LogP contribution in [0.5, 0.6) is 0 Å². The molecule has 2 aliphatic heterocycles. The van der Waals surface area contributed by atoms with Gasteiger partial charge in [-0.25, -0.2) is 4.79 Å². The standard InChI is InChI=1S/C13H23N3O3/c1-19-13(18)16-8-6-15(7-9-16)12(17)3-2-11-4-5-14-10-11/h11,14H,2-10H2,1H3. The van der Waals surface area contributed by atoms with Crippen LogP contribution in [0.25, 0.3) is 0 Å². The van der Waals surface area contributed by atoms with Crippen LogP contribution in [0, 0.1) is 5.92 Å². The Labute approximate surface area is 114 Å². The Morgan fingerprint density at radius 3 is 2.47 bits per heavy atom. The van der Waals surface area contributed by atoms with E-state index >= 15 is 0 Å². The minimum Gasteiger partial charge on any atom is -0.453 e. The summed E-state index contributed by atoms with van der Waals surface area (Å²) in [5.41, 5.74) is 0. The minimum atomic E-state index is -0.302. The fourth-order valence-electron chi connectivity index (χ4n) is 2.71. The lowest BCUT2D eigenvalue weighted by Gasteiger charge is -2.34. The van der Waals surface area contributed by atoms with Gasteiger partial charge in [-0.1, -0.05) is 0 Å². The monoisotopic (exact) mass is 269 g/mol. The zero-order valence-corrected chi connectivity index (χ0v) is 11.6. The van der Waals surface area contributed by atoms with Crippen LogP contribution in [-0.4, -0.2) is 68.2 Å². The number of methoxy groups -OCH3 is 1. The molecule has 19 heavy (non-hydrogen) atoms. The molecule has 0 saturated carbocycles. The summed E-state index contributed by atoms with van der Waals surface area (Å²) in [6.45, 7) is 4.51. The van der Waals surface area contributed by atoms with Crippen molar-refractivity contribution in [3.63, 3.8) is 0 Å². The van der Waals surface area contributed by atoms with Crippen LogP contribution in [0.2, 0.25) is 0 Å². The van der Waals surface area contributed by atoms with Gasteiger partial charge in [-0.2, -0.15) is 0 Å². The molecular weight excluding hydrogens is 246 g/mol. The Bertz CT molecular complexity index is 321. The zero-order chi connectivity index (χ0) is 13.7. The minimum absolute atomic E-state index is 0.219. The second-order valence-electron chi connectivity index (χ2n) is 5.24. The average molecular weight is 269 g/mol. The van der Waals surface area contributed by atoms with Crippen molar-refractivity contribution in [2.75, 3.05) is 46.4 Å². The first-order chi connectivity index (χ1) is 9.20. The summed E-state index contributed by atoms with van der Waals surface area (Å²) in [6.07, 6.45) is 2.49. The highest BCUT2D eigenvalue weighted by molar-refractivity contribution is 5.76. The summed E-state index contributed by atoms with van der Waals surface area (Å²) in [5, 5.41) is 3.32. The zero-order valence-electron chi connectivity index (χ0n) is 11.6. The fourth-order valence-corrected chi connectivity index (χ4v) is 2.71. The molecule has 1 N–H and O–H groups in total. The number of hydrogen-bond acceptors (Lipinski definition) is 4. The van der Waals surface area contributed by atoms with Crippen LogP contribution in [0.1, 0.15) is 19.3 Å². The highest BCUT2D eigenvalue weighted by Gasteiger charge is 2.25. The molecule has 2 rings (SSSR count). The predicted molar refractivity (Wildman–Crippen MR) is 70.8 cm³/mol. The van der Waals surface area contributed by atoms with E-state index in [1.807, 2.05) is 4.90 Å². The molecule has 0 aromatic rings. The second kappa shape index (κ2) is 6.75. The summed E-state index contributed by atoms with van der Waals surface area (Å²) < 4.78 is 4.68. The predicted octanol–water partition coefficient (Wildman–Crippen LogP) is 0.287. The van der Waals surface area contributed by atoms with E-state index in [2.05, 4.69) is 10.1 Å². The number of piperazine rings is 1. The molecule has 2 heterocycles. The van der Waals surface area contributed by atoms with Crippen LogP contribution < -0.4 is 5.32 Å². The molecule has 6 heteroatoms. The number of carbonyl (C=O) groups excluding carboxylic acids is 2. The van der Waals surface area contributed by atoms with Gasteiger partial charge in [0, 0.05) is 32.6 Å². The van der Waals surface area contributed by atoms with Crippen molar-refractivity contribution in [1.82, 2.24) is 15.1 Å². The average Bonchev–Trinajstić information content (AvgIpc) is 2.97. The number of rotatable bonds is 3. The van der Waals surface area contributed by atoms with Crippen LogP contribution in [0.4, 0.5) is 4.79 Å². The molecule has 0 bridgehead atoms. The van der Waals surface area contributed by atoms with Crippen LogP contribution in [-0.2, 0) is 9.53 Å². The first-order valence-corrected chi connectivity index (χ1v) is 7.02. The maximum absolute atomic E-state index is 12.1. The molecule has 2 amide bonds. The lowest BCUT2D eigenvalue weighted by molar-refractivity contribution is -0.133. The molecule has 0 aromatic carbocycles. The molecule has 2 fully saturated rings. The lowest BCUT2D eigenvalue weighted by Crippen LogP contribution is -2.50. The third-order valence-corrected chi connectivity index (χ3v) is 3.99. The summed E-state index contributed by atoms with van der Waals surface area (Å²) in [5.74, 6) is 0.872. The molecule has 0 spiro atoms. The molecule has 1 unspecified atom stereocenters. The fraction of sp³-hybridized carbons (Fsp3) is 0.846. The molecule has 6 nitrogen and oxygen atoms in total. The number of ether oxygens (including phenoxy) is 1. The summed E-state index contributed by atoms with van der Waals surface area (Å²) >= 11 is 0. The molecule has 2 saturated heterocycles. The largest absolute Gasteiger partial charge is 0.453 e. The van der Waals surface area contributed by atoms with Gasteiger partial charge >= 0.3 is 6.09 Å². The third kappa shape index (κ3) is 3.83. The maximum Gasteiger partial charge on any atom is 0.409 e. The van der Waals surface area contributed by atoms with E-state index in [1.54, 1.807) is 4.90 Å². The van der Waals surface area contributed by atoms with Crippen LogP contribution >= 0.6 is 0 Å². The van der Waals surface area contributed by atoms with Gasteiger partial charge in [0.2, 0.25) is 5.91 Å². The Balaban J connectivity index is 1.68. The number of amides is 2. The van der Waals surface area contributed by atoms with Crippen molar-refractivity contribution in [3.8, 4) is 0 Å². The van der Waals surface area contributed by atoms with Crippen molar-refractivity contribution < 1.29 is 14.3 Å². The van der Waals surface area contributed by atoms with E-state index in [0.717, 1.165) is 19.5 Å². The van der Waals surface area contributed by atoms with Gasteiger partial charge in [0.1, 0.15) is 0 Å². The van der Waals surface area contributed by atoms with Crippen LogP contribution in [0.3, 0.4) is 0 Å². The van der Waals surface area contributed by atoms with E-state index in [4.69, 9.17) is 0 Å². The van der Waals surface area contributed by atoms with Gasteiger partial charge < -0.3 is 19.9 Å². The molecule has 2 aliphatic rings. The van der Waals surface area contributed by atoms with Crippen molar-refractivity contribution >= 4 is 12.0 Å². The molecule has 1 atom stereocenters. The number of nitrogens with zero attached hydrogens (tertiary/aromatic N) is 2.